The van der Waals surface area contributed by atoms with Gasteiger partial charge in [-0.1, -0.05) is 35.3 Å². The van der Waals surface area contributed by atoms with Gasteiger partial charge in [0.05, 0.1) is 21.1 Å². The van der Waals surface area contributed by atoms with Crippen molar-refractivity contribution in [3.63, 3.8) is 0 Å². The number of anilines is 2. The molecule has 0 bridgehead atoms. The van der Waals surface area contributed by atoms with E-state index in [2.05, 4.69) is 19.8 Å². The van der Waals surface area contributed by atoms with Crippen molar-refractivity contribution in [1.29, 1.82) is 0 Å². The number of hydrogen-bond donors (Lipinski definition) is 3. The van der Waals surface area contributed by atoms with E-state index in [4.69, 9.17) is 34.7 Å². The molecule has 2 aromatic carbocycles. The van der Waals surface area contributed by atoms with Gasteiger partial charge in [0.25, 0.3) is 10.0 Å². The Bertz CT molecular complexity index is 1530. The van der Waals surface area contributed by atoms with Gasteiger partial charge >= 0.3 is 0 Å². The predicted octanol–water partition coefficient (Wildman–Crippen LogP) is 2.81. The van der Waals surface area contributed by atoms with Crippen molar-refractivity contribution in [3.05, 3.63) is 58.6 Å². The van der Waals surface area contributed by atoms with Crippen LogP contribution in [0.15, 0.2) is 47.6 Å². The lowest BCUT2D eigenvalue weighted by atomic mass is 10.1. The highest BCUT2D eigenvalue weighted by Crippen LogP contribution is 2.34. The third-order valence-electron chi connectivity index (χ3n) is 4.56. The molecule has 4 aromatic rings. The molecule has 0 fully saturated rings. The zero-order chi connectivity index (χ0) is 23.9. The summed E-state index contributed by atoms with van der Waals surface area (Å²) in [5.74, 6) is -1.51. The smallest absolute Gasteiger partial charge is 0.263 e. The molecule has 0 saturated heterocycles. The Morgan fingerprint density at radius 2 is 1.94 bits per heavy atom. The van der Waals surface area contributed by atoms with Gasteiger partial charge in [-0.2, -0.15) is 5.10 Å². The van der Waals surface area contributed by atoms with Gasteiger partial charge in [0, 0.05) is 5.56 Å². The Labute approximate surface area is 196 Å². The van der Waals surface area contributed by atoms with E-state index in [0.717, 1.165) is 6.07 Å². The first-order valence-corrected chi connectivity index (χ1v) is 11.3. The molecule has 0 spiro atoms. The quantitative estimate of drug-likeness (QED) is 0.360. The average molecular weight is 510 g/mol. The summed E-state index contributed by atoms with van der Waals surface area (Å²) in [5, 5.41) is 4.41. The molecule has 4 rings (SSSR count). The maximum atomic E-state index is 14.9. The van der Waals surface area contributed by atoms with Gasteiger partial charge in [-0.3, -0.25) is 9.52 Å². The summed E-state index contributed by atoms with van der Waals surface area (Å²) in [6.45, 7) is -0.284. The minimum absolute atomic E-state index is 0.0357. The normalized spacial score (nSPS) is 11.6. The topological polar surface area (TPSA) is 159 Å². The van der Waals surface area contributed by atoms with Crippen molar-refractivity contribution in [1.82, 2.24) is 19.7 Å². The fourth-order valence-electron chi connectivity index (χ4n) is 3.13. The first-order chi connectivity index (χ1) is 15.6. The molecule has 0 unspecified atom stereocenters. The van der Waals surface area contributed by atoms with E-state index in [0.29, 0.717) is 0 Å². The Hall–Kier alpha value is -3.48. The number of nitrogens with one attached hydrogen (secondary N) is 1. The minimum atomic E-state index is -4.23. The van der Waals surface area contributed by atoms with Crippen LogP contribution in [-0.2, 0) is 21.4 Å². The van der Waals surface area contributed by atoms with Crippen LogP contribution in [0.5, 0.6) is 0 Å². The van der Waals surface area contributed by atoms with Gasteiger partial charge in [-0.25, -0.2) is 27.5 Å². The number of hydrogen-bond acceptors (Lipinski definition) is 7. The number of primary amides is 1. The highest BCUT2D eigenvalue weighted by atomic mass is 35.5. The molecule has 1 amide bonds. The number of nitrogens with two attached hydrogens (primary N) is 2. The predicted molar refractivity (Wildman–Crippen MR) is 122 cm³/mol. The van der Waals surface area contributed by atoms with Crippen LogP contribution in [0.4, 0.5) is 15.9 Å². The zero-order valence-electron chi connectivity index (χ0n) is 16.5. The molecule has 2 aromatic heterocycles. The molecular weight excluding hydrogens is 496 g/mol. The first-order valence-electron chi connectivity index (χ1n) is 9.10. The Balaban J connectivity index is 1.75. The summed E-state index contributed by atoms with van der Waals surface area (Å²) < 4.78 is 43.7. The van der Waals surface area contributed by atoms with Crippen LogP contribution in [0.3, 0.4) is 0 Å². The molecule has 2 heterocycles. The van der Waals surface area contributed by atoms with E-state index in [1.807, 2.05) is 0 Å². The zero-order valence-corrected chi connectivity index (χ0v) is 18.8. The van der Waals surface area contributed by atoms with Crippen LogP contribution < -0.4 is 16.2 Å². The van der Waals surface area contributed by atoms with Crippen LogP contribution in [0.25, 0.3) is 22.3 Å². The van der Waals surface area contributed by atoms with E-state index in [-0.39, 0.29) is 55.3 Å². The van der Waals surface area contributed by atoms with Crippen LogP contribution in [0.2, 0.25) is 10.0 Å². The van der Waals surface area contributed by atoms with Crippen LogP contribution in [0.1, 0.15) is 0 Å². The number of aromatic nitrogens is 4. The molecule has 170 valence electrons. The number of carbonyl (C=O) groups is 1. The maximum absolute atomic E-state index is 14.9. The van der Waals surface area contributed by atoms with Gasteiger partial charge in [-0.05, 0) is 24.3 Å². The van der Waals surface area contributed by atoms with Crippen molar-refractivity contribution in [2.24, 2.45) is 5.73 Å². The first kappa shape index (κ1) is 22.7. The van der Waals surface area contributed by atoms with Crippen LogP contribution >= 0.6 is 23.2 Å². The van der Waals surface area contributed by atoms with E-state index < -0.39 is 21.7 Å². The number of nitrogens with zero attached hydrogens (tertiary/aromatic N) is 4. The number of halogens is 3. The summed E-state index contributed by atoms with van der Waals surface area (Å²) in [4.78, 5) is 19.1. The molecule has 0 saturated carbocycles. The molecule has 33 heavy (non-hydrogen) atoms. The lowest BCUT2D eigenvalue weighted by molar-refractivity contribution is -0.118. The Morgan fingerprint density at radius 1 is 1.18 bits per heavy atom. The number of amides is 1. The highest BCUT2D eigenvalue weighted by Gasteiger charge is 2.23. The minimum Gasteiger partial charge on any atom is -0.383 e. The fraction of sp³-hybridized carbons (Fsp3) is 0.0526. The van der Waals surface area contributed by atoms with E-state index in [1.54, 1.807) is 0 Å². The molecule has 10 nitrogen and oxygen atoms in total. The summed E-state index contributed by atoms with van der Waals surface area (Å²) in [6.07, 6.45) is 1.19. The summed E-state index contributed by atoms with van der Waals surface area (Å²) in [7, 11) is -4.23. The van der Waals surface area contributed by atoms with Gasteiger partial charge in [0.2, 0.25) is 5.91 Å². The molecule has 14 heteroatoms. The maximum Gasteiger partial charge on any atom is 0.263 e. The Kier molecular flexibility index (Phi) is 5.82. The SMILES string of the molecule is NC(=O)Cn1nc(-c2ccc(NS(=O)(=O)c3cccc(Cl)c3Cl)c(F)c2)c2c(N)ncnc21. The number of rotatable bonds is 6. The second-order valence-electron chi connectivity index (χ2n) is 6.78. The Morgan fingerprint density at radius 3 is 2.64 bits per heavy atom. The number of fused-ring (bicyclic) bond motifs is 1. The molecule has 0 aliphatic carbocycles. The van der Waals surface area contributed by atoms with Crippen molar-refractivity contribution in [3.8, 4) is 11.3 Å². The number of nitrogen functional groups attached to an aromatic ring is 1. The van der Waals surface area contributed by atoms with Crippen molar-refractivity contribution in [2.75, 3.05) is 10.5 Å². The molecule has 5 N–H and O–H groups in total. The standard InChI is InChI=1S/C19H14Cl2FN7O3S/c20-10-2-1-3-13(16(10)21)33(31,32)28-12-5-4-9(6-11(12)22)17-15-18(24)25-8-26-19(15)29(27-17)7-14(23)30/h1-6,8,28H,7H2,(H2,23,30)(H2,24,25,26). The summed E-state index contributed by atoms with van der Waals surface area (Å²) >= 11 is 11.9. The van der Waals surface area contributed by atoms with Gasteiger partial charge in [0.1, 0.15) is 35.1 Å². The van der Waals surface area contributed by atoms with Gasteiger partial charge < -0.3 is 11.5 Å². The van der Waals surface area contributed by atoms with E-state index in [1.165, 1.54) is 41.3 Å². The molecular formula is C19H14Cl2FN7O3S. The number of sulfonamides is 1. The van der Waals surface area contributed by atoms with E-state index in [9.17, 15) is 17.6 Å². The molecule has 0 aliphatic rings. The largest absolute Gasteiger partial charge is 0.383 e. The third-order valence-corrected chi connectivity index (χ3v) is 6.90. The van der Waals surface area contributed by atoms with Crippen molar-refractivity contribution >= 4 is 61.7 Å². The fourth-order valence-corrected chi connectivity index (χ4v) is 4.96. The molecule has 0 atom stereocenters. The van der Waals surface area contributed by atoms with Crippen LogP contribution in [-0.4, -0.2) is 34.1 Å². The molecule has 0 radical (unpaired) electrons. The van der Waals surface area contributed by atoms with Crippen molar-refractivity contribution < 1.29 is 17.6 Å². The summed E-state index contributed by atoms with van der Waals surface area (Å²) in [6, 6.07) is 7.75. The van der Waals surface area contributed by atoms with Crippen molar-refractivity contribution in [2.45, 2.75) is 11.4 Å². The molecule has 0 aliphatic heterocycles. The van der Waals surface area contributed by atoms with E-state index >= 15 is 0 Å². The summed E-state index contributed by atoms with van der Waals surface area (Å²) in [5.41, 5.74) is 11.5. The second-order valence-corrected chi connectivity index (χ2v) is 9.22. The van der Waals surface area contributed by atoms with Crippen LogP contribution in [0, 0.1) is 5.82 Å². The lowest BCUT2D eigenvalue weighted by Gasteiger charge is -2.11. The lowest BCUT2D eigenvalue weighted by Crippen LogP contribution is -2.19. The number of benzene rings is 2. The monoisotopic (exact) mass is 509 g/mol. The highest BCUT2D eigenvalue weighted by molar-refractivity contribution is 7.92. The second kappa shape index (κ2) is 8.46. The number of carbonyl (C=O) groups excluding carboxylic acids is 1. The van der Waals surface area contributed by atoms with Gasteiger partial charge in [-0.15, -0.1) is 0 Å². The van der Waals surface area contributed by atoms with Gasteiger partial charge in [0.15, 0.2) is 5.65 Å². The third kappa shape index (κ3) is 4.27. The average Bonchev–Trinajstić information content (AvgIpc) is 3.10.